The molecule has 0 saturated heterocycles. The minimum absolute atomic E-state index is 0.0248. The summed E-state index contributed by atoms with van der Waals surface area (Å²) >= 11 is 0. The van der Waals surface area contributed by atoms with Crippen LogP contribution in [0.4, 0.5) is 4.39 Å². The van der Waals surface area contributed by atoms with Crippen LogP contribution in [0, 0.1) is 52.2 Å². The number of nitrogens with zero attached hydrogens (tertiary/aromatic N) is 2. The molecule has 4 aliphatic carbocycles. The van der Waals surface area contributed by atoms with Crippen molar-refractivity contribution in [3.05, 3.63) is 53.8 Å². The van der Waals surface area contributed by atoms with Gasteiger partial charge in [-0.05, 0) is 135 Å². The predicted octanol–water partition coefficient (Wildman–Crippen LogP) is 10.3. The van der Waals surface area contributed by atoms with E-state index in [4.69, 9.17) is 4.74 Å². The van der Waals surface area contributed by atoms with Gasteiger partial charge in [0.15, 0.2) is 12.2 Å². The Morgan fingerprint density at radius 2 is 1.81 bits per heavy atom. The van der Waals surface area contributed by atoms with Gasteiger partial charge in [-0.15, -0.1) is 0 Å². The number of hydrogen-bond acceptors (Lipinski definition) is 2. The highest BCUT2D eigenvalue weighted by atomic mass is 19.1. The average Bonchev–Trinajstić information content (AvgIpc) is 3.46. The summed E-state index contributed by atoms with van der Waals surface area (Å²) in [7, 11) is 0. The smallest absolute Gasteiger partial charge is 0.348 e. The summed E-state index contributed by atoms with van der Waals surface area (Å²) in [5.74, 6) is 5.86. The fourth-order valence-corrected chi connectivity index (χ4v) is 11.9. The summed E-state index contributed by atoms with van der Waals surface area (Å²) in [6.45, 7) is 13.7. The van der Waals surface area contributed by atoms with Gasteiger partial charge in [0.05, 0.1) is 6.54 Å². The molecular formula is C43H62FN2O2+. The number of allylic oxidation sites excluding steroid dienone is 1. The standard InChI is InChI=1S/C43H62FN2O2/c1-29(2)10-9-11-30(3)36-19-20-37-35-18-15-32-26-34(21-23-42(32,4)38(35)22-24-43(36,37)5)48-41(47)28-45-27-39(31-13-16-33(44)17-14-31)46-25-8-6-7-12-40(45)46/h13-17,27,29-30,34-38H,6-12,18-26,28H2,1-5H3/q+1. The van der Waals surface area contributed by atoms with Crippen molar-refractivity contribution in [2.45, 2.75) is 150 Å². The molecule has 0 N–H and O–H groups in total. The molecule has 7 rings (SSSR count). The van der Waals surface area contributed by atoms with E-state index in [2.05, 4.69) is 56.0 Å². The third-order valence-corrected chi connectivity index (χ3v) is 14.5. The fraction of sp³-hybridized carbons (Fsp3) is 0.721. The Morgan fingerprint density at radius 1 is 1.00 bits per heavy atom. The lowest BCUT2D eigenvalue weighted by Gasteiger charge is -2.58. The summed E-state index contributed by atoms with van der Waals surface area (Å²) in [6, 6.07) is 6.74. The maximum Gasteiger partial charge on any atom is 0.348 e. The van der Waals surface area contributed by atoms with Crippen molar-refractivity contribution in [3.8, 4) is 11.3 Å². The lowest BCUT2D eigenvalue weighted by atomic mass is 9.47. The van der Waals surface area contributed by atoms with Crippen LogP contribution in [0.5, 0.6) is 0 Å². The minimum atomic E-state index is -0.225. The molecule has 0 amide bonds. The van der Waals surface area contributed by atoms with Gasteiger partial charge in [-0.2, -0.15) is 0 Å². The van der Waals surface area contributed by atoms with Crippen molar-refractivity contribution < 1.29 is 18.5 Å². The first-order valence-electron chi connectivity index (χ1n) is 19.8. The highest BCUT2D eigenvalue weighted by Gasteiger charge is 2.59. The van der Waals surface area contributed by atoms with E-state index in [0.717, 1.165) is 91.8 Å². The third kappa shape index (κ3) is 6.34. The molecule has 0 spiro atoms. The van der Waals surface area contributed by atoms with E-state index in [1.165, 1.54) is 75.7 Å². The van der Waals surface area contributed by atoms with Gasteiger partial charge in [0.1, 0.15) is 18.1 Å². The van der Waals surface area contributed by atoms with Crippen LogP contribution in [-0.4, -0.2) is 16.6 Å². The molecule has 1 aromatic carbocycles. The highest BCUT2D eigenvalue weighted by Crippen LogP contribution is 2.67. The molecule has 1 aliphatic heterocycles. The van der Waals surface area contributed by atoms with Crippen LogP contribution in [0.1, 0.15) is 130 Å². The number of esters is 1. The number of aromatic nitrogens is 2. The van der Waals surface area contributed by atoms with Gasteiger partial charge >= 0.3 is 5.97 Å². The van der Waals surface area contributed by atoms with Gasteiger partial charge in [0.2, 0.25) is 0 Å². The molecule has 1 aromatic heterocycles. The van der Waals surface area contributed by atoms with Crippen molar-refractivity contribution in [3.63, 3.8) is 0 Å². The maximum atomic E-state index is 13.7. The molecule has 8 unspecified atom stereocenters. The molecule has 0 bridgehead atoms. The maximum absolute atomic E-state index is 13.7. The summed E-state index contributed by atoms with van der Waals surface area (Å²) in [6.07, 6.45) is 23.1. The van der Waals surface area contributed by atoms with E-state index in [1.54, 1.807) is 5.57 Å². The molecule has 5 heteroatoms. The second kappa shape index (κ2) is 13.7. The number of ether oxygens (including phenoxy) is 1. The number of fused-ring (bicyclic) bond motifs is 6. The Bertz CT molecular complexity index is 1490. The first-order valence-corrected chi connectivity index (χ1v) is 19.8. The molecular weight excluding hydrogens is 595 g/mol. The van der Waals surface area contributed by atoms with Crippen molar-refractivity contribution in [2.75, 3.05) is 0 Å². The normalized spacial score (nSPS) is 33.6. The van der Waals surface area contributed by atoms with Crippen molar-refractivity contribution in [1.29, 1.82) is 0 Å². The number of carbonyl (C=O) groups is 1. The van der Waals surface area contributed by atoms with Crippen molar-refractivity contribution >= 4 is 5.97 Å². The SMILES string of the molecule is CC(C)CCCC(C)C1CCC2C3CC=C4CC(OC(=O)C[n+]5cc(-c6ccc(F)cc6)n6c5CCCCC6)CCC4(C)C3CCC12C. The van der Waals surface area contributed by atoms with E-state index in [-0.39, 0.29) is 29.9 Å². The Balaban J connectivity index is 1.01. The molecule has 8 atom stereocenters. The second-order valence-corrected chi connectivity index (χ2v) is 17.7. The molecule has 3 fully saturated rings. The summed E-state index contributed by atoms with van der Waals surface area (Å²) in [4.78, 5) is 13.5. The topological polar surface area (TPSA) is 35.1 Å². The zero-order chi connectivity index (χ0) is 33.6. The van der Waals surface area contributed by atoms with E-state index in [9.17, 15) is 9.18 Å². The minimum Gasteiger partial charge on any atom is -0.459 e. The highest BCUT2D eigenvalue weighted by molar-refractivity contribution is 5.68. The number of hydrogen-bond donors (Lipinski definition) is 0. The number of halogens is 1. The second-order valence-electron chi connectivity index (χ2n) is 17.7. The van der Waals surface area contributed by atoms with Gasteiger partial charge in [-0.25, -0.2) is 18.3 Å². The number of carbonyl (C=O) groups excluding carboxylic acids is 1. The Morgan fingerprint density at radius 3 is 2.60 bits per heavy atom. The summed E-state index contributed by atoms with van der Waals surface area (Å²) in [5, 5.41) is 0. The zero-order valence-electron chi connectivity index (χ0n) is 30.6. The van der Waals surface area contributed by atoms with Crippen molar-refractivity contribution in [1.82, 2.24) is 4.57 Å². The van der Waals surface area contributed by atoms with E-state index in [1.807, 2.05) is 12.1 Å². The van der Waals surface area contributed by atoms with Gasteiger partial charge in [-0.3, -0.25) is 0 Å². The summed E-state index contributed by atoms with van der Waals surface area (Å²) < 4.78 is 24.4. The van der Waals surface area contributed by atoms with Crippen LogP contribution >= 0.6 is 0 Å². The van der Waals surface area contributed by atoms with Gasteiger partial charge in [0.25, 0.3) is 5.82 Å². The average molecular weight is 658 g/mol. The molecule has 4 nitrogen and oxygen atoms in total. The van der Waals surface area contributed by atoms with Crippen LogP contribution in [-0.2, 0) is 29.0 Å². The van der Waals surface area contributed by atoms with Gasteiger partial charge in [-0.1, -0.05) is 65.5 Å². The monoisotopic (exact) mass is 657 g/mol. The molecule has 2 heterocycles. The van der Waals surface area contributed by atoms with E-state index < -0.39 is 0 Å². The lowest BCUT2D eigenvalue weighted by molar-refractivity contribution is -0.692. The Labute approximate surface area is 289 Å². The first-order chi connectivity index (χ1) is 23.1. The fourth-order valence-electron chi connectivity index (χ4n) is 11.9. The Hall–Kier alpha value is -2.43. The largest absolute Gasteiger partial charge is 0.459 e. The lowest BCUT2D eigenvalue weighted by Crippen LogP contribution is -2.51. The van der Waals surface area contributed by atoms with E-state index >= 15 is 0 Å². The Kier molecular flexibility index (Phi) is 9.72. The predicted molar refractivity (Wildman–Crippen MR) is 191 cm³/mol. The third-order valence-electron chi connectivity index (χ3n) is 14.5. The van der Waals surface area contributed by atoms with Gasteiger partial charge in [0, 0.05) is 18.4 Å². The van der Waals surface area contributed by atoms with E-state index in [0.29, 0.717) is 5.41 Å². The van der Waals surface area contributed by atoms with Crippen LogP contribution in [0.3, 0.4) is 0 Å². The van der Waals surface area contributed by atoms with Crippen LogP contribution < -0.4 is 4.57 Å². The van der Waals surface area contributed by atoms with Crippen LogP contribution in [0.25, 0.3) is 11.3 Å². The number of imidazole rings is 1. The zero-order valence-corrected chi connectivity index (χ0v) is 30.6. The first kappa shape index (κ1) is 34.0. The van der Waals surface area contributed by atoms with Gasteiger partial charge < -0.3 is 4.74 Å². The molecule has 2 aromatic rings. The molecule has 5 aliphatic rings. The van der Waals surface area contributed by atoms with Crippen molar-refractivity contribution in [2.24, 2.45) is 46.3 Å². The molecule has 262 valence electrons. The molecule has 3 saturated carbocycles. The quantitative estimate of drug-likeness (QED) is 0.153. The molecule has 48 heavy (non-hydrogen) atoms. The van der Waals surface area contributed by atoms with Crippen LogP contribution in [0.15, 0.2) is 42.1 Å². The number of benzene rings is 1. The molecule has 0 radical (unpaired) electrons. The van der Waals surface area contributed by atoms with Crippen LogP contribution in [0.2, 0.25) is 0 Å². The summed E-state index contributed by atoms with van der Waals surface area (Å²) in [5.41, 5.74) is 4.41. The number of rotatable bonds is 9.